The molecule has 2 N–H and O–H groups in total. The number of carbonyl (C=O) groups excluding carboxylic acids is 1. The van der Waals surface area contributed by atoms with Crippen molar-refractivity contribution in [3.05, 3.63) is 29.0 Å². The average Bonchev–Trinajstić information content (AvgIpc) is 2.77. The molecule has 1 saturated heterocycles. The molecule has 7 heteroatoms. The van der Waals surface area contributed by atoms with Crippen molar-refractivity contribution in [3.8, 4) is 0 Å². The fraction of sp³-hybridized carbons (Fsp3) is 0.364. The number of carboxylic acids is 1. The Morgan fingerprint density at radius 3 is 2.94 bits per heavy atom. The van der Waals surface area contributed by atoms with Gasteiger partial charge in [0.2, 0.25) is 0 Å². The van der Waals surface area contributed by atoms with Crippen molar-refractivity contribution in [3.63, 3.8) is 0 Å². The Balaban J connectivity index is 2.05. The number of carbonyl (C=O) groups is 2. The molecule has 1 aromatic heterocycles. The molecular weight excluding hydrogens is 260 g/mol. The Labute approximate surface area is 108 Å². The van der Waals surface area contributed by atoms with E-state index in [4.69, 9.17) is 21.4 Å². The third kappa shape index (κ3) is 2.77. The second-order valence-electron chi connectivity index (χ2n) is 3.92. The van der Waals surface area contributed by atoms with E-state index in [2.05, 4.69) is 10.3 Å². The molecule has 2 atom stereocenters. The molecule has 0 aromatic carbocycles. The fourth-order valence-electron chi connectivity index (χ4n) is 1.71. The summed E-state index contributed by atoms with van der Waals surface area (Å²) in [6.45, 7) is 0.284. The predicted octanol–water partition coefficient (Wildman–Crippen LogP) is 0.564. The lowest BCUT2D eigenvalue weighted by Gasteiger charge is -2.15. The second-order valence-corrected chi connectivity index (χ2v) is 4.36. The molecule has 18 heavy (non-hydrogen) atoms. The number of carboxylic acid groups (broad SMARTS) is 1. The maximum Gasteiger partial charge on any atom is 0.311 e. The smallest absolute Gasteiger partial charge is 0.311 e. The minimum atomic E-state index is -0.989. The van der Waals surface area contributed by atoms with Crippen LogP contribution in [0.15, 0.2) is 18.3 Å². The van der Waals surface area contributed by atoms with Crippen LogP contribution in [0.5, 0.6) is 0 Å². The molecule has 0 radical (unpaired) electrons. The average molecular weight is 271 g/mol. The van der Waals surface area contributed by atoms with Gasteiger partial charge in [0.15, 0.2) is 0 Å². The van der Waals surface area contributed by atoms with Crippen LogP contribution in [0.2, 0.25) is 5.02 Å². The molecule has 1 fully saturated rings. The van der Waals surface area contributed by atoms with Crippen LogP contribution in [0.25, 0.3) is 0 Å². The lowest BCUT2D eigenvalue weighted by Crippen LogP contribution is -2.42. The molecule has 0 aliphatic carbocycles. The summed E-state index contributed by atoms with van der Waals surface area (Å²) in [7, 11) is 0. The fourth-order valence-corrected chi connectivity index (χ4v) is 1.87. The SMILES string of the molecule is O=C(NC1COCC1C(=O)O)c1cc(Cl)ccn1. The molecule has 2 unspecified atom stereocenters. The first-order valence-electron chi connectivity index (χ1n) is 5.31. The second kappa shape index (κ2) is 5.32. The minimum Gasteiger partial charge on any atom is -0.481 e. The lowest BCUT2D eigenvalue weighted by atomic mass is 10.0. The zero-order valence-electron chi connectivity index (χ0n) is 9.30. The number of amides is 1. The van der Waals surface area contributed by atoms with E-state index in [0.717, 1.165) is 0 Å². The van der Waals surface area contributed by atoms with E-state index in [-0.39, 0.29) is 18.9 Å². The van der Waals surface area contributed by atoms with E-state index in [1.165, 1.54) is 12.3 Å². The van der Waals surface area contributed by atoms with Crippen LogP contribution in [0, 0.1) is 5.92 Å². The van der Waals surface area contributed by atoms with Crippen molar-refractivity contribution in [1.29, 1.82) is 0 Å². The molecule has 0 bridgehead atoms. The highest BCUT2D eigenvalue weighted by Crippen LogP contribution is 2.15. The van der Waals surface area contributed by atoms with Crippen LogP contribution in [-0.4, -0.2) is 41.2 Å². The Kier molecular flexibility index (Phi) is 3.78. The lowest BCUT2D eigenvalue weighted by molar-refractivity contribution is -0.142. The Morgan fingerprint density at radius 1 is 1.50 bits per heavy atom. The number of pyridine rings is 1. The summed E-state index contributed by atoms with van der Waals surface area (Å²) < 4.78 is 5.05. The van der Waals surface area contributed by atoms with Gasteiger partial charge in [0.25, 0.3) is 5.91 Å². The third-order valence-corrected chi connectivity index (χ3v) is 2.90. The molecule has 2 rings (SSSR count). The van der Waals surface area contributed by atoms with Gasteiger partial charge in [0.1, 0.15) is 11.6 Å². The van der Waals surface area contributed by atoms with Gasteiger partial charge in [0, 0.05) is 11.2 Å². The Morgan fingerprint density at radius 2 is 2.28 bits per heavy atom. The molecule has 2 heterocycles. The summed E-state index contributed by atoms with van der Waals surface area (Å²) in [4.78, 5) is 26.6. The van der Waals surface area contributed by atoms with Crippen LogP contribution in [0.1, 0.15) is 10.5 Å². The van der Waals surface area contributed by atoms with Crippen molar-refractivity contribution in [2.24, 2.45) is 5.92 Å². The summed E-state index contributed by atoms with van der Waals surface area (Å²) in [5, 5.41) is 11.9. The number of aliphatic carboxylic acids is 1. The predicted molar refractivity (Wildman–Crippen MR) is 62.4 cm³/mol. The molecule has 1 aromatic rings. The van der Waals surface area contributed by atoms with Crippen molar-refractivity contribution < 1.29 is 19.4 Å². The summed E-state index contributed by atoms with van der Waals surface area (Å²) in [5.41, 5.74) is 0.151. The first kappa shape index (κ1) is 12.8. The first-order valence-corrected chi connectivity index (χ1v) is 5.68. The highest BCUT2D eigenvalue weighted by Gasteiger charge is 2.35. The topological polar surface area (TPSA) is 88.5 Å². The number of hydrogen-bond donors (Lipinski definition) is 2. The van der Waals surface area contributed by atoms with Crippen LogP contribution >= 0.6 is 11.6 Å². The van der Waals surface area contributed by atoms with Gasteiger partial charge < -0.3 is 15.2 Å². The molecule has 1 amide bonds. The Bertz CT molecular complexity index is 480. The molecule has 1 aliphatic rings. The van der Waals surface area contributed by atoms with Gasteiger partial charge in [0.05, 0.1) is 19.3 Å². The minimum absolute atomic E-state index is 0.100. The van der Waals surface area contributed by atoms with Crippen LogP contribution < -0.4 is 5.32 Å². The van der Waals surface area contributed by atoms with E-state index in [1.807, 2.05) is 0 Å². The quantitative estimate of drug-likeness (QED) is 0.838. The van der Waals surface area contributed by atoms with Gasteiger partial charge in [-0.05, 0) is 12.1 Å². The number of rotatable bonds is 3. The number of hydrogen-bond acceptors (Lipinski definition) is 4. The zero-order chi connectivity index (χ0) is 13.1. The van der Waals surface area contributed by atoms with Crippen molar-refractivity contribution in [1.82, 2.24) is 10.3 Å². The van der Waals surface area contributed by atoms with E-state index in [1.54, 1.807) is 6.07 Å². The number of nitrogens with zero attached hydrogens (tertiary/aromatic N) is 1. The molecular formula is C11H11ClN2O4. The normalized spacial score (nSPS) is 22.7. The standard InChI is InChI=1S/C11H11ClN2O4/c12-6-1-2-13-8(3-6)10(15)14-9-5-18-4-7(9)11(16)17/h1-3,7,9H,4-5H2,(H,14,15)(H,16,17). The van der Waals surface area contributed by atoms with Crippen molar-refractivity contribution in [2.45, 2.75) is 6.04 Å². The maximum atomic E-state index is 11.8. The number of aromatic nitrogens is 1. The highest BCUT2D eigenvalue weighted by molar-refractivity contribution is 6.30. The highest BCUT2D eigenvalue weighted by atomic mass is 35.5. The molecule has 6 nitrogen and oxygen atoms in total. The van der Waals surface area contributed by atoms with Gasteiger partial charge in [-0.1, -0.05) is 11.6 Å². The monoisotopic (exact) mass is 270 g/mol. The van der Waals surface area contributed by atoms with E-state index >= 15 is 0 Å². The van der Waals surface area contributed by atoms with Crippen LogP contribution in [0.3, 0.4) is 0 Å². The van der Waals surface area contributed by atoms with Crippen molar-refractivity contribution in [2.75, 3.05) is 13.2 Å². The number of nitrogens with one attached hydrogen (secondary N) is 1. The zero-order valence-corrected chi connectivity index (χ0v) is 10.1. The van der Waals surface area contributed by atoms with E-state index in [0.29, 0.717) is 5.02 Å². The maximum absolute atomic E-state index is 11.8. The van der Waals surface area contributed by atoms with Crippen LogP contribution in [-0.2, 0) is 9.53 Å². The summed E-state index contributed by atoms with van der Waals surface area (Å²) in [6, 6.07) is 2.43. The Hall–Kier alpha value is -1.66. The van der Waals surface area contributed by atoms with Gasteiger partial charge in [-0.25, -0.2) is 0 Å². The largest absolute Gasteiger partial charge is 0.481 e. The molecule has 1 aliphatic heterocycles. The van der Waals surface area contributed by atoms with E-state index < -0.39 is 23.8 Å². The van der Waals surface area contributed by atoms with Gasteiger partial charge >= 0.3 is 5.97 Å². The van der Waals surface area contributed by atoms with E-state index in [9.17, 15) is 9.59 Å². The summed E-state index contributed by atoms with van der Waals surface area (Å²) in [6.07, 6.45) is 1.41. The first-order chi connectivity index (χ1) is 8.58. The van der Waals surface area contributed by atoms with Crippen molar-refractivity contribution >= 4 is 23.5 Å². The van der Waals surface area contributed by atoms with Crippen LogP contribution in [0.4, 0.5) is 0 Å². The summed E-state index contributed by atoms with van der Waals surface area (Å²) in [5.74, 6) is -2.18. The van der Waals surface area contributed by atoms with Gasteiger partial charge in [-0.3, -0.25) is 14.6 Å². The number of ether oxygens (including phenoxy) is 1. The molecule has 0 saturated carbocycles. The third-order valence-electron chi connectivity index (χ3n) is 2.67. The molecule has 0 spiro atoms. The molecule has 96 valence electrons. The van der Waals surface area contributed by atoms with Gasteiger partial charge in [-0.15, -0.1) is 0 Å². The van der Waals surface area contributed by atoms with Gasteiger partial charge in [-0.2, -0.15) is 0 Å². The summed E-state index contributed by atoms with van der Waals surface area (Å²) >= 11 is 5.75. The number of halogens is 1.